The van der Waals surface area contributed by atoms with E-state index in [1.54, 1.807) is 18.2 Å². The number of benzene rings is 4. The van der Waals surface area contributed by atoms with Crippen LogP contribution in [0.2, 0.25) is 5.02 Å². The van der Waals surface area contributed by atoms with Gasteiger partial charge in [-0.2, -0.15) is 0 Å². The van der Waals surface area contributed by atoms with Gasteiger partial charge < -0.3 is 10.6 Å². The molecule has 4 rings (SSSR count). The maximum absolute atomic E-state index is 13.1. The van der Waals surface area contributed by atoms with E-state index >= 15 is 0 Å². The van der Waals surface area contributed by atoms with E-state index in [1.165, 1.54) is 5.56 Å². The highest BCUT2D eigenvalue weighted by Gasteiger charge is 2.22. The zero-order valence-electron chi connectivity index (χ0n) is 18.8. The van der Waals surface area contributed by atoms with Crippen molar-refractivity contribution in [1.82, 2.24) is 10.6 Å². The summed E-state index contributed by atoms with van der Waals surface area (Å²) in [5.41, 5.74) is 2.68. The molecule has 0 aliphatic rings. The number of fused-ring (bicyclic) bond motifs is 1. The van der Waals surface area contributed by atoms with Gasteiger partial charge in [0, 0.05) is 23.6 Å². The van der Waals surface area contributed by atoms with Gasteiger partial charge in [0.25, 0.3) is 5.91 Å². The number of amides is 2. The Bertz CT molecular complexity index is 1260. The Labute approximate surface area is 205 Å². The van der Waals surface area contributed by atoms with Crippen molar-refractivity contribution in [3.8, 4) is 0 Å². The lowest BCUT2D eigenvalue weighted by Crippen LogP contribution is -2.48. The van der Waals surface area contributed by atoms with Crippen LogP contribution < -0.4 is 10.6 Å². The first-order valence-corrected chi connectivity index (χ1v) is 11.8. The molecule has 0 aliphatic heterocycles. The molecule has 0 bridgehead atoms. The Balaban J connectivity index is 1.43. The number of rotatable bonds is 9. The monoisotopic (exact) mass is 470 g/mol. The van der Waals surface area contributed by atoms with Crippen LogP contribution in [0.15, 0.2) is 97.1 Å². The lowest BCUT2D eigenvalue weighted by molar-refractivity contribution is -0.122. The molecule has 4 nitrogen and oxygen atoms in total. The number of aryl methyl sites for hydroxylation is 1. The van der Waals surface area contributed by atoms with Gasteiger partial charge in [-0.25, -0.2) is 0 Å². The molecule has 4 aromatic carbocycles. The second-order valence-corrected chi connectivity index (χ2v) is 8.74. The molecule has 0 spiro atoms. The van der Waals surface area contributed by atoms with Gasteiger partial charge in [0.1, 0.15) is 6.04 Å². The Morgan fingerprint density at radius 3 is 2.24 bits per heavy atom. The third kappa shape index (κ3) is 6.46. The molecule has 0 radical (unpaired) electrons. The van der Waals surface area contributed by atoms with Gasteiger partial charge in [0.2, 0.25) is 5.91 Å². The van der Waals surface area contributed by atoms with Crippen molar-refractivity contribution in [2.75, 3.05) is 6.54 Å². The molecule has 2 amide bonds. The highest BCUT2D eigenvalue weighted by Crippen LogP contribution is 2.16. The van der Waals surface area contributed by atoms with E-state index in [2.05, 4.69) is 22.8 Å². The average molecular weight is 471 g/mol. The molecule has 5 heteroatoms. The quantitative estimate of drug-likeness (QED) is 0.313. The zero-order chi connectivity index (χ0) is 23.8. The number of carbonyl (C=O) groups is 2. The minimum Gasteiger partial charge on any atom is -0.354 e. The molecule has 1 unspecified atom stereocenters. The minimum absolute atomic E-state index is 0.197. The summed E-state index contributed by atoms with van der Waals surface area (Å²) in [4.78, 5) is 26.1. The molecule has 0 aliphatic carbocycles. The predicted molar refractivity (Wildman–Crippen MR) is 138 cm³/mol. The van der Waals surface area contributed by atoms with E-state index in [4.69, 9.17) is 11.6 Å². The van der Waals surface area contributed by atoms with Crippen LogP contribution in [-0.2, 0) is 17.6 Å². The van der Waals surface area contributed by atoms with E-state index in [0.717, 1.165) is 29.2 Å². The highest BCUT2D eigenvalue weighted by atomic mass is 35.5. The fourth-order valence-electron chi connectivity index (χ4n) is 3.91. The minimum atomic E-state index is -0.697. The average Bonchev–Trinajstić information content (AvgIpc) is 2.87. The number of hydrogen-bond donors (Lipinski definition) is 2. The number of halogens is 1. The lowest BCUT2D eigenvalue weighted by atomic mass is 10.0. The molecule has 0 saturated heterocycles. The number of hydrogen-bond acceptors (Lipinski definition) is 2. The first-order chi connectivity index (χ1) is 16.6. The smallest absolute Gasteiger partial charge is 0.251 e. The molecule has 1 atom stereocenters. The van der Waals surface area contributed by atoms with Crippen LogP contribution >= 0.6 is 11.6 Å². The second-order valence-electron chi connectivity index (χ2n) is 8.30. The van der Waals surface area contributed by atoms with Crippen molar-refractivity contribution in [1.29, 1.82) is 0 Å². The van der Waals surface area contributed by atoms with E-state index in [9.17, 15) is 9.59 Å². The Hall–Kier alpha value is -3.63. The van der Waals surface area contributed by atoms with Crippen LogP contribution in [-0.4, -0.2) is 24.4 Å². The molecule has 172 valence electrons. The summed E-state index contributed by atoms with van der Waals surface area (Å²) in [5.74, 6) is -0.471. The van der Waals surface area contributed by atoms with E-state index < -0.39 is 6.04 Å². The molecule has 0 heterocycles. The molecule has 2 N–H and O–H groups in total. The molecule has 0 aromatic heterocycles. The third-order valence-electron chi connectivity index (χ3n) is 5.77. The van der Waals surface area contributed by atoms with E-state index in [0.29, 0.717) is 23.6 Å². The van der Waals surface area contributed by atoms with Gasteiger partial charge >= 0.3 is 0 Å². The van der Waals surface area contributed by atoms with Crippen LogP contribution in [0.5, 0.6) is 0 Å². The van der Waals surface area contributed by atoms with Crippen molar-refractivity contribution in [3.63, 3.8) is 0 Å². The molecular weight excluding hydrogens is 444 g/mol. The van der Waals surface area contributed by atoms with Crippen LogP contribution in [0.1, 0.15) is 27.9 Å². The predicted octanol–water partition coefficient (Wildman–Crippen LogP) is 5.58. The summed E-state index contributed by atoms with van der Waals surface area (Å²) in [7, 11) is 0. The summed E-state index contributed by atoms with van der Waals surface area (Å²) in [6.07, 6.45) is 2.08. The van der Waals surface area contributed by atoms with Crippen molar-refractivity contribution in [2.24, 2.45) is 0 Å². The summed E-state index contributed by atoms with van der Waals surface area (Å²) >= 11 is 6.01. The van der Waals surface area contributed by atoms with Crippen molar-refractivity contribution in [2.45, 2.75) is 25.3 Å². The largest absolute Gasteiger partial charge is 0.354 e. The van der Waals surface area contributed by atoms with Crippen LogP contribution in [0.3, 0.4) is 0 Å². The molecular formula is C29H27ClN2O2. The van der Waals surface area contributed by atoms with Crippen molar-refractivity contribution >= 4 is 34.2 Å². The molecule has 34 heavy (non-hydrogen) atoms. The topological polar surface area (TPSA) is 58.2 Å². The Morgan fingerprint density at radius 1 is 0.765 bits per heavy atom. The molecule has 0 fully saturated rings. The summed E-state index contributed by atoms with van der Waals surface area (Å²) in [6.45, 7) is 0.538. The SMILES string of the molecule is O=C(NC(Cc1ccc(Cl)cc1)C(=O)NCCCc1ccccc1)c1ccc2ccccc2c1. The third-order valence-corrected chi connectivity index (χ3v) is 6.02. The second kappa shape index (κ2) is 11.5. The molecule has 4 aromatic rings. The number of nitrogens with one attached hydrogen (secondary N) is 2. The first kappa shape index (κ1) is 23.5. The summed E-state index contributed by atoms with van der Waals surface area (Å²) in [5, 5.41) is 8.60. The standard InChI is InChI=1S/C29H27ClN2O2/c30-26-16-12-22(13-17-26)19-27(29(34)31-18-6-9-21-7-2-1-3-8-21)32-28(33)25-15-14-23-10-4-5-11-24(23)20-25/h1-5,7-8,10-17,20,27H,6,9,18-19H2,(H,31,34)(H,32,33). The van der Waals surface area contributed by atoms with Gasteiger partial charge in [-0.15, -0.1) is 0 Å². The highest BCUT2D eigenvalue weighted by molar-refractivity contribution is 6.30. The normalized spacial score (nSPS) is 11.7. The Morgan fingerprint density at radius 2 is 1.47 bits per heavy atom. The maximum atomic E-state index is 13.1. The van der Waals surface area contributed by atoms with E-state index in [1.807, 2.05) is 66.7 Å². The van der Waals surface area contributed by atoms with Gasteiger partial charge in [0.15, 0.2) is 0 Å². The van der Waals surface area contributed by atoms with Crippen LogP contribution in [0.4, 0.5) is 0 Å². The lowest BCUT2D eigenvalue weighted by Gasteiger charge is -2.19. The zero-order valence-corrected chi connectivity index (χ0v) is 19.6. The summed E-state index contributed by atoms with van der Waals surface area (Å²) in [6, 6.07) is 30.2. The van der Waals surface area contributed by atoms with Gasteiger partial charge in [-0.1, -0.05) is 84.4 Å². The number of carbonyl (C=O) groups excluding carboxylic acids is 2. The maximum Gasteiger partial charge on any atom is 0.251 e. The van der Waals surface area contributed by atoms with Crippen LogP contribution in [0, 0.1) is 0 Å². The Kier molecular flexibility index (Phi) is 7.95. The fourth-order valence-corrected chi connectivity index (χ4v) is 4.04. The first-order valence-electron chi connectivity index (χ1n) is 11.4. The van der Waals surface area contributed by atoms with E-state index in [-0.39, 0.29) is 11.8 Å². The van der Waals surface area contributed by atoms with Crippen molar-refractivity contribution < 1.29 is 9.59 Å². The van der Waals surface area contributed by atoms with Gasteiger partial charge in [-0.05, 0) is 59.0 Å². The van der Waals surface area contributed by atoms with Gasteiger partial charge in [-0.3, -0.25) is 9.59 Å². The van der Waals surface area contributed by atoms with Gasteiger partial charge in [0.05, 0.1) is 0 Å². The summed E-state index contributed by atoms with van der Waals surface area (Å²) < 4.78 is 0. The van der Waals surface area contributed by atoms with Crippen LogP contribution in [0.25, 0.3) is 10.8 Å². The fraction of sp³-hybridized carbons (Fsp3) is 0.172. The molecule has 0 saturated carbocycles. The van der Waals surface area contributed by atoms with Crippen molar-refractivity contribution in [3.05, 3.63) is 119 Å².